The van der Waals surface area contributed by atoms with Crippen molar-refractivity contribution in [2.45, 2.75) is 68.2 Å². The van der Waals surface area contributed by atoms with Gasteiger partial charge in [-0.15, -0.1) is 0 Å². The number of primary amides is 1. The topological polar surface area (TPSA) is 116 Å². The van der Waals surface area contributed by atoms with Crippen LogP contribution in [0.1, 0.15) is 57.8 Å². The van der Waals surface area contributed by atoms with E-state index in [0.717, 1.165) is 44.6 Å². The van der Waals surface area contributed by atoms with Crippen molar-refractivity contribution in [3.63, 3.8) is 0 Å². The predicted octanol–water partition coefficient (Wildman–Crippen LogP) is 2.92. The minimum absolute atomic E-state index is 0.0426. The van der Waals surface area contributed by atoms with Crippen LogP contribution in [-0.2, 0) is 19.6 Å². The predicted molar refractivity (Wildman–Crippen MR) is 118 cm³/mol. The lowest BCUT2D eigenvalue weighted by molar-refractivity contribution is -0.152. The Labute approximate surface area is 193 Å². The van der Waals surface area contributed by atoms with Gasteiger partial charge in [0.2, 0.25) is 15.9 Å². The Morgan fingerprint density at radius 3 is 2.36 bits per heavy atom. The number of hydrogen-bond acceptors (Lipinski definition) is 5. The molecule has 5 fully saturated rings. The van der Waals surface area contributed by atoms with Crippen LogP contribution in [0.3, 0.4) is 0 Å². The van der Waals surface area contributed by atoms with E-state index >= 15 is 0 Å². The zero-order valence-corrected chi connectivity index (χ0v) is 19.6. The van der Waals surface area contributed by atoms with Gasteiger partial charge in [-0.05, 0) is 93.2 Å². The van der Waals surface area contributed by atoms with Gasteiger partial charge in [0.25, 0.3) is 0 Å². The number of halogens is 1. The Morgan fingerprint density at radius 2 is 1.85 bits per heavy atom. The number of ether oxygens (including phenoxy) is 1. The van der Waals surface area contributed by atoms with Crippen LogP contribution in [0.4, 0.5) is 4.39 Å². The molecule has 7 nitrogen and oxygen atoms in total. The molecule has 4 bridgehead atoms. The maximum atomic E-state index is 14.1. The summed E-state index contributed by atoms with van der Waals surface area (Å²) in [6.07, 6.45) is 6.37. The number of nitrogens with one attached hydrogen (secondary N) is 1. The van der Waals surface area contributed by atoms with E-state index in [-0.39, 0.29) is 40.1 Å². The van der Waals surface area contributed by atoms with Gasteiger partial charge < -0.3 is 10.5 Å². The number of carbonyl (C=O) groups excluding carboxylic acids is 2. The van der Waals surface area contributed by atoms with E-state index in [1.54, 1.807) is 0 Å². The normalized spacial score (nSPS) is 34.0. The van der Waals surface area contributed by atoms with Crippen molar-refractivity contribution in [3.05, 3.63) is 24.0 Å². The molecule has 1 aromatic rings. The number of sulfonamides is 1. The summed E-state index contributed by atoms with van der Waals surface area (Å²) in [7, 11) is -2.77. The molecule has 2 unspecified atom stereocenters. The molecule has 0 spiro atoms. The first-order chi connectivity index (χ1) is 15.6. The van der Waals surface area contributed by atoms with Gasteiger partial charge in [-0.1, -0.05) is 0 Å². The van der Waals surface area contributed by atoms with Crippen LogP contribution in [0.5, 0.6) is 5.75 Å². The number of rotatable bonds is 8. The molecule has 2 atom stereocenters. The van der Waals surface area contributed by atoms with Crippen molar-refractivity contribution in [2.75, 3.05) is 7.11 Å². The third-order valence-electron chi connectivity index (χ3n) is 8.92. The first kappa shape index (κ1) is 22.8. The molecule has 0 radical (unpaired) electrons. The minimum Gasteiger partial charge on any atom is -0.494 e. The fourth-order valence-electron chi connectivity index (χ4n) is 7.27. The highest BCUT2D eigenvalue weighted by atomic mass is 32.2. The number of nitrogens with two attached hydrogens (primary N) is 1. The molecule has 0 aliphatic heterocycles. The van der Waals surface area contributed by atoms with Gasteiger partial charge in [0, 0.05) is 11.8 Å². The van der Waals surface area contributed by atoms with Gasteiger partial charge >= 0.3 is 0 Å². The Balaban J connectivity index is 1.33. The summed E-state index contributed by atoms with van der Waals surface area (Å²) in [4.78, 5) is 25.5. The lowest BCUT2D eigenvalue weighted by atomic mass is 9.45. The summed E-state index contributed by atoms with van der Waals surface area (Å²) in [6.45, 7) is 0. The first-order valence-corrected chi connectivity index (χ1v) is 13.3. The molecular weight excluding hydrogens is 447 g/mol. The highest BCUT2D eigenvalue weighted by Crippen LogP contribution is 2.63. The summed E-state index contributed by atoms with van der Waals surface area (Å²) < 4.78 is 47.7. The third kappa shape index (κ3) is 3.67. The highest BCUT2D eigenvalue weighted by molar-refractivity contribution is 7.89. The molecule has 0 aromatic heterocycles. The Morgan fingerprint density at radius 1 is 1.18 bits per heavy atom. The largest absolute Gasteiger partial charge is 0.494 e. The van der Waals surface area contributed by atoms with E-state index in [1.165, 1.54) is 19.2 Å². The molecule has 180 valence electrons. The standard InChI is InChI=1S/C24H31FN2O5S/c1-32-20-4-3-17(9-19(20)25)33(30,31)27-24(5-2-6-24)21(28)10-18-15-7-14-8-16(18)13-23(11-14,12-15)22(26)29/h3-4,9,14-16,18,27H,2,5-8,10-13H2,1H3,(H2,26,29). The van der Waals surface area contributed by atoms with Crippen LogP contribution >= 0.6 is 0 Å². The lowest BCUT2D eigenvalue weighted by Gasteiger charge is -2.59. The highest BCUT2D eigenvalue weighted by Gasteiger charge is 2.59. The van der Waals surface area contributed by atoms with Gasteiger partial charge in [-0.2, -0.15) is 4.72 Å². The molecule has 33 heavy (non-hydrogen) atoms. The fourth-order valence-corrected chi connectivity index (χ4v) is 8.73. The lowest BCUT2D eigenvalue weighted by Crippen LogP contribution is -2.61. The number of carbonyl (C=O) groups is 2. The molecule has 9 heteroatoms. The summed E-state index contributed by atoms with van der Waals surface area (Å²) >= 11 is 0. The van der Waals surface area contributed by atoms with E-state index in [4.69, 9.17) is 10.5 Å². The molecule has 6 rings (SSSR count). The monoisotopic (exact) mass is 478 g/mol. The smallest absolute Gasteiger partial charge is 0.241 e. The zero-order valence-electron chi connectivity index (χ0n) is 18.8. The summed E-state index contributed by atoms with van der Waals surface area (Å²) in [5, 5.41) is 0. The van der Waals surface area contributed by atoms with Crippen LogP contribution in [0, 0.1) is 34.9 Å². The average Bonchev–Trinajstić information content (AvgIpc) is 2.72. The van der Waals surface area contributed by atoms with Crippen molar-refractivity contribution in [1.82, 2.24) is 4.72 Å². The van der Waals surface area contributed by atoms with Gasteiger partial charge in [0.05, 0.1) is 17.5 Å². The molecule has 0 heterocycles. The van der Waals surface area contributed by atoms with E-state index < -0.39 is 26.8 Å². The molecule has 5 aliphatic carbocycles. The number of hydrogen-bond donors (Lipinski definition) is 2. The Hall–Kier alpha value is -2.00. The maximum Gasteiger partial charge on any atom is 0.241 e. The van der Waals surface area contributed by atoms with Crippen LogP contribution in [0.2, 0.25) is 0 Å². The van der Waals surface area contributed by atoms with Crippen molar-refractivity contribution < 1.29 is 27.1 Å². The second kappa shape index (κ2) is 7.77. The maximum absolute atomic E-state index is 14.1. The molecule has 5 aliphatic rings. The van der Waals surface area contributed by atoms with Gasteiger partial charge in [-0.25, -0.2) is 12.8 Å². The fraction of sp³-hybridized carbons (Fsp3) is 0.667. The summed E-state index contributed by atoms with van der Waals surface area (Å²) in [6, 6.07) is 3.46. The third-order valence-corrected chi connectivity index (χ3v) is 10.5. The van der Waals surface area contributed by atoms with Gasteiger partial charge in [-0.3, -0.25) is 9.59 Å². The molecule has 3 N–H and O–H groups in total. The van der Waals surface area contributed by atoms with Crippen LogP contribution in [0.25, 0.3) is 0 Å². The quantitative estimate of drug-likeness (QED) is 0.596. The van der Waals surface area contributed by atoms with Crippen molar-refractivity contribution in [2.24, 2.45) is 34.8 Å². The van der Waals surface area contributed by atoms with Gasteiger partial charge in [0.1, 0.15) is 0 Å². The SMILES string of the molecule is COc1ccc(S(=O)(=O)NC2(C(=O)CC3C4CC5CC3CC(C(N)=O)(C5)C4)CCC2)cc1F. The number of amides is 1. The van der Waals surface area contributed by atoms with E-state index in [1.807, 2.05) is 0 Å². The average molecular weight is 479 g/mol. The van der Waals surface area contributed by atoms with Crippen LogP contribution in [0.15, 0.2) is 23.1 Å². The number of ketones is 1. The second-order valence-electron chi connectivity index (χ2n) is 10.7. The Kier molecular flexibility index (Phi) is 5.36. The molecule has 1 aromatic carbocycles. The summed E-state index contributed by atoms with van der Waals surface area (Å²) in [5.74, 6) is 0.141. The number of Topliss-reactive ketones (excluding diaryl/α,β-unsaturated/α-hetero) is 1. The van der Waals surface area contributed by atoms with E-state index in [0.29, 0.717) is 25.2 Å². The van der Waals surface area contributed by atoms with Crippen LogP contribution < -0.4 is 15.2 Å². The van der Waals surface area contributed by atoms with E-state index in [9.17, 15) is 22.4 Å². The summed E-state index contributed by atoms with van der Waals surface area (Å²) in [5.41, 5.74) is 4.23. The minimum atomic E-state index is -4.08. The van der Waals surface area contributed by atoms with E-state index in [2.05, 4.69) is 4.72 Å². The second-order valence-corrected chi connectivity index (χ2v) is 12.4. The number of benzene rings is 1. The molecular formula is C24H31FN2O5S. The first-order valence-electron chi connectivity index (χ1n) is 11.8. The van der Waals surface area contributed by atoms with Gasteiger partial charge in [0.15, 0.2) is 17.3 Å². The van der Waals surface area contributed by atoms with Crippen molar-refractivity contribution in [1.29, 1.82) is 0 Å². The Bertz CT molecular complexity index is 1080. The molecule has 1 amide bonds. The number of methoxy groups -OCH3 is 1. The van der Waals surface area contributed by atoms with Crippen molar-refractivity contribution >= 4 is 21.7 Å². The zero-order chi connectivity index (χ0) is 23.6. The van der Waals surface area contributed by atoms with Crippen molar-refractivity contribution in [3.8, 4) is 5.75 Å². The molecule has 5 saturated carbocycles. The van der Waals surface area contributed by atoms with Crippen LogP contribution in [-0.4, -0.2) is 32.8 Å². The molecule has 0 saturated heterocycles.